The molecule has 1 aromatic rings. The highest BCUT2D eigenvalue weighted by atomic mass is 32.2. The van der Waals surface area contributed by atoms with Gasteiger partial charge < -0.3 is 19.8 Å². The predicted molar refractivity (Wildman–Crippen MR) is 102 cm³/mol. The van der Waals surface area contributed by atoms with Crippen molar-refractivity contribution in [2.45, 2.75) is 44.0 Å². The Morgan fingerprint density at radius 1 is 1.33 bits per heavy atom. The van der Waals surface area contributed by atoms with Crippen LogP contribution in [-0.4, -0.2) is 78.7 Å². The third-order valence-electron chi connectivity index (χ3n) is 5.15. The summed E-state index contributed by atoms with van der Waals surface area (Å²) in [5.74, 6) is 0.594. The number of aliphatic imine (C=N–C) groups is 1. The molecule has 2 fully saturated rings. The van der Waals surface area contributed by atoms with E-state index in [2.05, 4.69) is 20.4 Å². The lowest BCUT2D eigenvalue weighted by Crippen LogP contribution is -2.54. The summed E-state index contributed by atoms with van der Waals surface area (Å²) in [6, 6.07) is 1.57. The molecule has 1 saturated carbocycles. The molecule has 0 spiro atoms. The van der Waals surface area contributed by atoms with Gasteiger partial charge in [-0.25, -0.2) is 8.42 Å². The van der Waals surface area contributed by atoms with Gasteiger partial charge in [0.2, 0.25) is 10.0 Å². The average molecular weight is 400 g/mol. The van der Waals surface area contributed by atoms with Crippen LogP contribution in [0.5, 0.6) is 0 Å². The van der Waals surface area contributed by atoms with Gasteiger partial charge in [0.15, 0.2) is 5.96 Å². The molecule has 10 heteroatoms. The van der Waals surface area contributed by atoms with E-state index in [0.717, 1.165) is 38.2 Å². The number of guanidine groups is 1. The fourth-order valence-corrected chi connectivity index (χ4v) is 5.03. The van der Waals surface area contributed by atoms with Gasteiger partial charge in [0.05, 0.1) is 17.8 Å². The highest BCUT2D eigenvalue weighted by Crippen LogP contribution is 2.29. The first-order valence-electron chi connectivity index (χ1n) is 9.55. The molecule has 2 N–H and O–H groups in total. The molecule has 1 aliphatic carbocycles. The number of aliphatic hydroxyl groups is 1. The molecule has 1 saturated heterocycles. The number of sulfonamides is 1. The standard InChI is InChI=1S/C17H29N5O4S/c1-2-18-16(19-14-17(23)6-3-4-7-17)21-8-10-22(11-9-21)27(24,25)13-15-5-12-26-20-15/h5,12,23H,2-4,6-11,13-14H2,1H3,(H,18,19). The molecule has 0 bridgehead atoms. The van der Waals surface area contributed by atoms with Gasteiger partial charge in [-0.05, 0) is 19.8 Å². The average Bonchev–Trinajstić information content (AvgIpc) is 3.31. The number of hydrogen-bond acceptors (Lipinski definition) is 6. The third kappa shape index (κ3) is 5.20. The van der Waals surface area contributed by atoms with Crippen molar-refractivity contribution in [2.24, 2.45) is 4.99 Å². The van der Waals surface area contributed by atoms with Crippen LogP contribution < -0.4 is 5.32 Å². The van der Waals surface area contributed by atoms with Crippen LogP contribution in [0.2, 0.25) is 0 Å². The topological polar surface area (TPSA) is 111 Å². The van der Waals surface area contributed by atoms with Gasteiger partial charge in [0, 0.05) is 38.8 Å². The molecule has 2 aliphatic rings. The molecule has 27 heavy (non-hydrogen) atoms. The largest absolute Gasteiger partial charge is 0.388 e. The van der Waals surface area contributed by atoms with E-state index in [1.54, 1.807) is 6.07 Å². The smallest absolute Gasteiger partial charge is 0.220 e. The lowest BCUT2D eigenvalue weighted by Gasteiger charge is -2.36. The van der Waals surface area contributed by atoms with E-state index in [1.165, 1.54) is 10.6 Å². The Morgan fingerprint density at radius 2 is 2.04 bits per heavy atom. The van der Waals surface area contributed by atoms with E-state index in [-0.39, 0.29) is 5.75 Å². The Hall–Kier alpha value is -1.65. The maximum Gasteiger partial charge on any atom is 0.220 e. The van der Waals surface area contributed by atoms with Crippen LogP contribution >= 0.6 is 0 Å². The first kappa shape index (κ1) is 20.1. The summed E-state index contributed by atoms with van der Waals surface area (Å²) in [6.07, 6.45) is 5.06. The molecule has 9 nitrogen and oxygen atoms in total. The lowest BCUT2D eigenvalue weighted by molar-refractivity contribution is 0.0571. The molecular weight excluding hydrogens is 370 g/mol. The summed E-state index contributed by atoms with van der Waals surface area (Å²) in [6.45, 7) is 5.02. The summed E-state index contributed by atoms with van der Waals surface area (Å²) in [5.41, 5.74) is -0.277. The van der Waals surface area contributed by atoms with Crippen LogP contribution in [0, 0.1) is 0 Å². The van der Waals surface area contributed by atoms with Crippen LogP contribution in [0.3, 0.4) is 0 Å². The van der Waals surface area contributed by atoms with Gasteiger partial charge in [0.25, 0.3) is 0 Å². The van der Waals surface area contributed by atoms with Crippen molar-refractivity contribution in [3.8, 4) is 0 Å². The van der Waals surface area contributed by atoms with Crippen LogP contribution in [0.1, 0.15) is 38.3 Å². The van der Waals surface area contributed by atoms with Crippen molar-refractivity contribution in [1.29, 1.82) is 0 Å². The van der Waals surface area contributed by atoms with Crippen molar-refractivity contribution in [2.75, 3.05) is 39.3 Å². The van der Waals surface area contributed by atoms with Gasteiger partial charge >= 0.3 is 0 Å². The molecule has 3 rings (SSSR count). The molecule has 0 radical (unpaired) electrons. The van der Waals surface area contributed by atoms with E-state index in [9.17, 15) is 13.5 Å². The molecular formula is C17H29N5O4S. The minimum absolute atomic E-state index is 0.148. The maximum atomic E-state index is 12.5. The first-order chi connectivity index (χ1) is 12.9. The van der Waals surface area contributed by atoms with Crippen LogP contribution in [0.4, 0.5) is 0 Å². The number of nitrogens with one attached hydrogen (secondary N) is 1. The highest BCUT2D eigenvalue weighted by molar-refractivity contribution is 7.88. The molecule has 152 valence electrons. The van der Waals surface area contributed by atoms with Gasteiger partial charge in [0.1, 0.15) is 12.0 Å². The minimum atomic E-state index is -3.42. The summed E-state index contributed by atoms with van der Waals surface area (Å²) >= 11 is 0. The zero-order valence-corrected chi connectivity index (χ0v) is 16.6. The van der Waals surface area contributed by atoms with Crippen molar-refractivity contribution in [3.63, 3.8) is 0 Å². The molecule has 0 unspecified atom stereocenters. The van der Waals surface area contributed by atoms with Gasteiger partial charge in [-0.2, -0.15) is 4.31 Å². The fraction of sp³-hybridized carbons (Fsp3) is 0.765. The zero-order valence-electron chi connectivity index (χ0n) is 15.8. The van der Waals surface area contributed by atoms with Gasteiger partial charge in [-0.1, -0.05) is 18.0 Å². The van der Waals surface area contributed by atoms with Crippen LogP contribution in [0.15, 0.2) is 21.8 Å². The number of nitrogens with zero attached hydrogens (tertiary/aromatic N) is 4. The summed E-state index contributed by atoms with van der Waals surface area (Å²) in [4.78, 5) is 6.69. The Morgan fingerprint density at radius 3 is 2.63 bits per heavy atom. The highest BCUT2D eigenvalue weighted by Gasteiger charge is 2.32. The van der Waals surface area contributed by atoms with Gasteiger partial charge in [-0.15, -0.1) is 0 Å². The Bertz CT molecular complexity index is 721. The van der Waals surface area contributed by atoms with E-state index < -0.39 is 15.6 Å². The number of hydrogen-bond donors (Lipinski definition) is 2. The molecule has 0 aromatic carbocycles. The van der Waals surface area contributed by atoms with Crippen molar-refractivity contribution in [3.05, 3.63) is 18.0 Å². The summed E-state index contributed by atoms with van der Waals surface area (Å²) in [5, 5.41) is 17.5. The SMILES string of the molecule is CCNC(=NCC1(O)CCCC1)N1CCN(S(=O)(=O)Cc2ccon2)CC1. The monoisotopic (exact) mass is 399 g/mol. The van der Waals surface area contributed by atoms with Crippen molar-refractivity contribution >= 4 is 16.0 Å². The summed E-state index contributed by atoms with van der Waals surface area (Å²) in [7, 11) is -3.42. The molecule has 1 aromatic heterocycles. The summed E-state index contributed by atoms with van der Waals surface area (Å²) < 4.78 is 31.3. The Labute approximate surface area is 160 Å². The number of aromatic nitrogens is 1. The van der Waals surface area contributed by atoms with Gasteiger partial charge in [-0.3, -0.25) is 4.99 Å². The lowest BCUT2D eigenvalue weighted by atomic mass is 10.0. The first-order valence-corrected chi connectivity index (χ1v) is 11.2. The van der Waals surface area contributed by atoms with Crippen LogP contribution in [0.25, 0.3) is 0 Å². The van der Waals surface area contributed by atoms with Crippen LogP contribution in [-0.2, 0) is 15.8 Å². The Kier molecular flexibility index (Phi) is 6.38. The van der Waals surface area contributed by atoms with Crippen molar-refractivity contribution < 1.29 is 18.0 Å². The van der Waals surface area contributed by atoms with E-state index in [4.69, 9.17) is 4.52 Å². The molecule has 0 amide bonds. The van der Waals surface area contributed by atoms with E-state index in [1.807, 2.05) is 6.92 Å². The second-order valence-electron chi connectivity index (χ2n) is 7.23. The van der Waals surface area contributed by atoms with Crippen molar-refractivity contribution in [1.82, 2.24) is 19.7 Å². The van der Waals surface area contributed by atoms with E-state index in [0.29, 0.717) is 38.4 Å². The second kappa shape index (κ2) is 8.57. The normalized spacial score (nSPS) is 21.6. The predicted octanol–water partition coefficient (Wildman–Crippen LogP) is 0.393. The molecule has 2 heterocycles. The quantitative estimate of drug-likeness (QED) is 0.526. The molecule has 1 aliphatic heterocycles. The fourth-order valence-electron chi connectivity index (χ4n) is 3.61. The second-order valence-corrected chi connectivity index (χ2v) is 9.20. The zero-order chi connectivity index (χ0) is 19.3. The Balaban J connectivity index is 1.58. The number of rotatable bonds is 6. The third-order valence-corrected chi connectivity index (χ3v) is 6.96. The minimum Gasteiger partial charge on any atom is -0.388 e. The number of piperazine rings is 1. The van der Waals surface area contributed by atoms with E-state index >= 15 is 0 Å². The molecule has 0 atom stereocenters. The maximum absolute atomic E-state index is 12.5.